The molecule has 0 heterocycles. The fourth-order valence-corrected chi connectivity index (χ4v) is 3.97. The molecule has 0 aliphatic heterocycles. The molecule has 3 heteroatoms. The number of thioether (sulfide) groups is 1. The Morgan fingerprint density at radius 2 is 2.00 bits per heavy atom. The molecule has 1 aliphatic carbocycles. The minimum absolute atomic E-state index is 0.732. The Balaban J connectivity index is 2.52. The second kappa shape index (κ2) is 9.25. The zero-order valence-electron chi connectivity index (χ0n) is 13.6. The van der Waals surface area contributed by atoms with E-state index in [1.807, 2.05) is 11.8 Å². The highest BCUT2D eigenvalue weighted by Gasteiger charge is 2.33. The summed E-state index contributed by atoms with van der Waals surface area (Å²) in [5.41, 5.74) is 0. The van der Waals surface area contributed by atoms with Crippen molar-refractivity contribution in [2.24, 2.45) is 17.8 Å². The van der Waals surface area contributed by atoms with Crippen molar-refractivity contribution < 1.29 is 0 Å². The summed E-state index contributed by atoms with van der Waals surface area (Å²) in [4.78, 5) is 2.54. The Hall–Kier alpha value is 0.270. The van der Waals surface area contributed by atoms with E-state index >= 15 is 0 Å². The molecule has 0 amide bonds. The molecule has 1 rings (SSSR count). The summed E-state index contributed by atoms with van der Waals surface area (Å²) in [7, 11) is 2.29. The molecule has 4 atom stereocenters. The summed E-state index contributed by atoms with van der Waals surface area (Å²) in [6.45, 7) is 10.8. The van der Waals surface area contributed by atoms with Crippen LogP contribution < -0.4 is 5.32 Å². The maximum Gasteiger partial charge on any atom is 0.0113 e. The van der Waals surface area contributed by atoms with E-state index in [4.69, 9.17) is 0 Å². The third-order valence-corrected chi connectivity index (χ3v) is 5.13. The molecule has 1 saturated carbocycles. The first-order chi connectivity index (χ1) is 9.08. The zero-order chi connectivity index (χ0) is 14.3. The van der Waals surface area contributed by atoms with Crippen molar-refractivity contribution in [3.63, 3.8) is 0 Å². The Kier molecular flexibility index (Phi) is 8.43. The van der Waals surface area contributed by atoms with Gasteiger partial charge in [0.05, 0.1) is 0 Å². The van der Waals surface area contributed by atoms with E-state index < -0.39 is 0 Å². The molecule has 2 nitrogen and oxygen atoms in total. The molecule has 0 saturated heterocycles. The highest BCUT2D eigenvalue weighted by atomic mass is 32.2. The van der Waals surface area contributed by atoms with Gasteiger partial charge in [-0.3, -0.25) is 0 Å². The molecule has 1 N–H and O–H groups in total. The lowest BCUT2D eigenvalue weighted by Gasteiger charge is -2.42. The number of nitrogens with zero attached hydrogens (tertiary/aromatic N) is 1. The van der Waals surface area contributed by atoms with Crippen LogP contribution in [0.3, 0.4) is 0 Å². The lowest BCUT2D eigenvalue weighted by molar-refractivity contribution is 0.114. The first-order valence-corrected chi connectivity index (χ1v) is 9.38. The topological polar surface area (TPSA) is 15.3 Å². The molecule has 114 valence electrons. The SMILES string of the molecule is CCCNC1CC(C)CC(C)C1CN(C)CCSC. The highest BCUT2D eigenvalue weighted by molar-refractivity contribution is 7.98. The minimum Gasteiger partial charge on any atom is -0.314 e. The lowest BCUT2D eigenvalue weighted by atomic mass is 9.72. The van der Waals surface area contributed by atoms with Crippen LogP contribution in [0.4, 0.5) is 0 Å². The molecule has 0 aromatic rings. The van der Waals surface area contributed by atoms with E-state index in [1.165, 1.54) is 44.6 Å². The van der Waals surface area contributed by atoms with Gasteiger partial charge in [0, 0.05) is 24.9 Å². The third-order valence-electron chi connectivity index (χ3n) is 4.53. The average Bonchev–Trinajstić information content (AvgIpc) is 2.37. The summed E-state index contributed by atoms with van der Waals surface area (Å²) in [6, 6.07) is 0.732. The van der Waals surface area contributed by atoms with Gasteiger partial charge in [-0.2, -0.15) is 11.8 Å². The van der Waals surface area contributed by atoms with Gasteiger partial charge in [-0.15, -0.1) is 0 Å². The minimum atomic E-state index is 0.732. The first kappa shape index (κ1) is 17.3. The van der Waals surface area contributed by atoms with Crippen LogP contribution >= 0.6 is 11.8 Å². The predicted molar refractivity (Wildman–Crippen MR) is 89.0 cm³/mol. The third kappa shape index (κ3) is 6.05. The van der Waals surface area contributed by atoms with Gasteiger partial charge in [0.15, 0.2) is 0 Å². The van der Waals surface area contributed by atoms with E-state index in [2.05, 4.69) is 44.3 Å². The van der Waals surface area contributed by atoms with Crippen molar-refractivity contribution in [1.82, 2.24) is 10.2 Å². The van der Waals surface area contributed by atoms with E-state index in [0.717, 1.165) is 23.8 Å². The maximum absolute atomic E-state index is 3.81. The van der Waals surface area contributed by atoms with E-state index in [-0.39, 0.29) is 0 Å². The van der Waals surface area contributed by atoms with Crippen LogP contribution in [0.15, 0.2) is 0 Å². The monoisotopic (exact) mass is 286 g/mol. The van der Waals surface area contributed by atoms with Crippen molar-refractivity contribution in [3.8, 4) is 0 Å². The van der Waals surface area contributed by atoms with Crippen LogP contribution in [0.5, 0.6) is 0 Å². The number of nitrogens with one attached hydrogen (secondary N) is 1. The van der Waals surface area contributed by atoms with Gasteiger partial charge < -0.3 is 10.2 Å². The van der Waals surface area contributed by atoms with Crippen LogP contribution in [0.2, 0.25) is 0 Å². The highest BCUT2D eigenvalue weighted by Crippen LogP contribution is 2.34. The quantitative estimate of drug-likeness (QED) is 0.737. The van der Waals surface area contributed by atoms with Crippen LogP contribution in [0.1, 0.15) is 40.0 Å². The molecule has 0 bridgehead atoms. The zero-order valence-corrected chi connectivity index (χ0v) is 14.4. The van der Waals surface area contributed by atoms with Gasteiger partial charge in [0.2, 0.25) is 0 Å². The smallest absolute Gasteiger partial charge is 0.0113 e. The molecule has 0 radical (unpaired) electrons. The van der Waals surface area contributed by atoms with Gasteiger partial charge in [-0.1, -0.05) is 20.8 Å². The number of hydrogen-bond donors (Lipinski definition) is 1. The second-order valence-electron chi connectivity index (χ2n) is 6.53. The van der Waals surface area contributed by atoms with Crippen molar-refractivity contribution in [2.45, 2.75) is 46.1 Å². The molecule has 19 heavy (non-hydrogen) atoms. The summed E-state index contributed by atoms with van der Waals surface area (Å²) in [6.07, 6.45) is 6.22. The Labute approximate surface area is 125 Å². The van der Waals surface area contributed by atoms with Crippen molar-refractivity contribution in [1.29, 1.82) is 0 Å². The summed E-state index contributed by atoms with van der Waals surface area (Å²) < 4.78 is 0. The van der Waals surface area contributed by atoms with E-state index in [1.54, 1.807) is 0 Å². The molecule has 0 aromatic carbocycles. The second-order valence-corrected chi connectivity index (χ2v) is 7.52. The van der Waals surface area contributed by atoms with Crippen molar-refractivity contribution in [3.05, 3.63) is 0 Å². The average molecular weight is 287 g/mol. The van der Waals surface area contributed by atoms with Gasteiger partial charge in [0.25, 0.3) is 0 Å². The summed E-state index contributed by atoms with van der Waals surface area (Å²) in [5, 5.41) is 3.81. The Morgan fingerprint density at radius 3 is 2.63 bits per heavy atom. The number of hydrogen-bond acceptors (Lipinski definition) is 3. The molecular formula is C16H34N2S. The van der Waals surface area contributed by atoms with Crippen LogP contribution in [0, 0.1) is 17.8 Å². The van der Waals surface area contributed by atoms with E-state index in [9.17, 15) is 0 Å². The van der Waals surface area contributed by atoms with Gasteiger partial charge in [0.1, 0.15) is 0 Å². The van der Waals surface area contributed by atoms with Crippen LogP contribution in [0.25, 0.3) is 0 Å². The molecule has 0 spiro atoms. The van der Waals surface area contributed by atoms with Crippen LogP contribution in [-0.2, 0) is 0 Å². The van der Waals surface area contributed by atoms with Crippen LogP contribution in [-0.4, -0.2) is 49.6 Å². The fourth-order valence-electron chi connectivity index (χ4n) is 3.48. The summed E-state index contributed by atoms with van der Waals surface area (Å²) >= 11 is 1.95. The lowest BCUT2D eigenvalue weighted by Crippen LogP contribution is -2.49. The van der Waals surface area contributed by atoms with Gasteiger partial charge in [-0.05, 0) is 56.9 Å². The van der Waals surface area contributed by atoms with Crippen molar-refractivity contribution in [2.75, 3.05) is 38.7 Å². The largest absolute Gasteiger partial charge is 0.314 e. The van der Waals surface area contributed by atoms with Gasteiger partial charge in [-0.25, -0.2) is 0 Å². The molecule has 1 aliphatic rings. The van der Waals surface area contributed by atoms with Gasteiger partial charge >= 0.3 is 0 Å². The first-order valence-electron chi connectivity index (χ1n) is 7.99. The summed E-state index contributed by atoms with van der Waals surface area (Å²) in [5.74, 6) is 3.82. The molecule has 0 aromatic heterocycles. The predicted octanol–water partition coefficient (Wildman–Crippen LogP) is 3.33. The van der Waals surface area contributed by atoms with E-state index in [0.29, 0.717) is 0 Å². The fraction of sp³-hybridized carbons (Fsp3) is 1.00. The standard InChI is InChI=1S/C16H34N2S/c1-6-7-17-16-11-13(2)10-14(3)15(16)12-18(4)8-9-19-5/h13-17H,6-12H2,1-5H3. The molecule has 4 unspecified atom stereocenters. The Bertz CT molecular complexity index is 235. The molecular weight excluding hydrogens is 252 g/mol. The Morgan fingerprint density at radius 1 is 1.26 bits per heavy atom. The number of rotatable bonds is 8. The molecule has 1 fully saturated rings. The normalized spacial score (nSPS) is 31.9. The van der Waals surface area contributed by atoms with Crippen molar-refractivity contribution >= 4 is 11.8 Å². The maximum atomic E-state index is 3.81.